The fourth-order valence-corrected chi connectivity index (χ4v) is 2.21. The average molecular weight is 257 g/mol. The standard InChI is InChI=1S/C13H27N3O2/c1-2-12(4-9-17)10-15-13(18)11-16-7-3-5-14-6-8-16/h12,14,17H,2-11H2,1H3,(H,15,18). The molecule has 0 aromatic carbocycles. The van der Waals surface area contributed by atoms with Crippen molar-refractivity contribution < 1.29 is 9.90 Å². The van der Waals surface area contributed by atoms with Gasteiger partial charge in [-0.2, -0.15) is 0 Å². The Morgan fingerprint density at radius 1 is 1.44 bits per heavy atom. The summed E-state index contributed by atoms with van der Waals surface area (Å²) in [7, 11) is 0. The van der Waals surface area contributed by atoms with E-state index in [0.717, 1.165) is 45.4 Å². The summed E-state index contributed by atoms with van der Waals surface area (Å²) >= 11 is 0. The van der Waals surface area contributed by atoms with Crippen molar-refractivity contribution in [1.82, 2.24) is 15.5 Å². The molecule has 0 spiro atoms. The maximum absolute atomic E-state index is 11.8. The quantitative estimate of drug-likeness (QED) is 0.591. The summed E-state index contributed by atoms with van der Waals surface area (Å²) in [6.45, 7) is 7.43. The molecule has 1 aliphatic rings. The van der Waals surface area contributed by atoms with Crippen LogP contribution in [0.15, 0.2) is 0 Å². The summed E-state index contributed by atoms with van der Waals surface area (Å²) in [6, 6.07) is 0. The molecule has 1 rings (SSSR count). The van der Waals surface area contributed by atoms with Gasteiger partial charge in [0.05, 0.1) is 6.54 Å². The highest BCUT2D eigenvalue weighted by Gasteiger charge is 2.13. The van der Waals surface area contributed by atoms with E-state index in [2.05, 4.69) is 22.5 Å². The van der Waals surface area contributed by atoms with Crippen molar-refractivity contribution in [3.63, 3.8) is 0 Å². The molecule has 0 aromatic rings. The number of hydrogen-bond donors (Lipinski definition) is 3. The highest BCUT2D eigenvalue weighted by Crippen LogP contribution is 2.05. The van der Waals surface area contributed by atoms with Crippen LogP contribution in [-0.4, -0.2) is 61.8 Å². The van der Waals surface area contributed by atoms with E-state index in [9.17, 15) is 4.79 Å². The Hall–Kier alpha value is -0.650. The maximum atomic E-state index is 11.8. The van der Waals surface area contributed by atoms with Crippen LogP contribution in [0.3, 0.4) is 0 Å². The number of amides is 1. The average Bonchev–Trinajstić information content (AvgIpc) is 2.63. The van der Waals surface area contributed by atoms with Gasteiger partial charge in [0, 0.05) is 26.2 Å². The van der Waals surface area contributed by atoms with Crippen molar-refractivity contribution >= 4 is 5.91 Å². The van der Waals surface area contributed by atoms with Crippen molar-refractivity contribution in [2.75, 3.05) is 45.9 Å². The number of nitrogens with zero attached hydrogens (tertiary/aromatic N) is 1. The predicted octanol–water partition coefficient (Wildman–Crippen LogP) is -0.193. The number of hydrogen-bond acceptors (Lipinski definition) is 4. The summed E-state index contributed by atoms with van der Waals surface area (Å²) in [6.07, 6.45) is 2.87. The van der Waals surface area contributed by atoms with Crippen LogP contribution in [0, 0.1) is 5.92 Å². The number of aliphatic hydroxyl groups excluding tert-OH is 1. The molecule has 1 heterocycles. The lowest BCUT2D eigenvalue weighted by atomic mass is 10.0. The molecule has 1 aliphatic heterocycles. The molecule has 0 aliphatic carbocycles. The Kier molecular flexibility index (Phi) is 7.96. The number of rotatable bonds is 7. The highest BCUT2D eigenvalue weighted by atomic mass is 16.3. The van der Waals surface area contributed by atoms with E-state index in [1.54, 1.807) is 0 Å². The van der Waals surface area contributed by atoms with Crippen LogP contribution in [0.4, 0.5) is 0 Å². The maximum Gasteiger partial charge on any atom is 0.234 e. The zero-order valence-electron chi connectivity index (χ0n) is 11.5. The summed E-state index contributed by atoms with van der Waals surface area (Å²) in [5.41, 5.74) is 0. The molecular weight excluding hydrogens is 230 g/mol. The minimum absolute atomic E-state index is 0.105. The highest BCUT2D eigenvalue weighted by molar-refractivity contribution is 5.78. The zero-order valence-corrected chi connectivity index (χ0v) is 11.5. The molecule has 0 saturated carbocycles. The molecular formula is C13H27N3O2. The van der Waals surface area contributed by atoms with Gasteiger partial charge in [-0.15, -0.1) is 0 Å². The van der Waals surface area contributed by atoms with E-state index < -0.39 is 0 Å². The van der Waals surface area contributed by atoms with E-state index in [1.165, 1.54) is 0 Å². The van der Waals surface area contributed by atoms with Gasteiger partial charge < -0.3 is 15.7 Å². The van der Waals surface area contributed by atoms with Gasteiger partial charge in [-0.3, -0.25) is 9.69 Å². The van der Waals surface area contributed by atoms with Gasteiger partial charge in [0.2, 0.25) is 5.91 Å². The second-order valence-electron chi connectivity index (χ2n) is 4.97. The fourth-order valence-electron chi connectivity index (χ4n) is 2.21. The second kappa shape index (κ2) is 9.30. The van der Waals surface area contributed by atoms with Crippen LogP contribution in [0.25, 0.3) is 0 Å². The monoisotopic (exact) mass is 257 g/mol. The number of carbonyl (C=O) groups excluding carboxylic acids is 1. The molecule has 106 valence electrons. The molecule has 1 amide bonds. The zero-order chi connectivity index (χ0) is 13.2. The van der Waals surface area contributed by atoms with E-state index in [0.29, 0.717) is 19.0 Å². The molecule has 5 nitrogen and oxygen atoms in total. The molecule has 18 heavy (non-hydrogen) atoms. The third-order valence-corrected chi connectivity index (χ3v) is 3.50. The van der Waals surface area contributed by atoms with Crippen LogP contribution >= 0.6 is 0 Å². The van der Waals surface area contributed by atoms with Crippen molar-refractivity contribution in [2.45, 2.75) is 26.2 Å². The summed E-state index contributed by atoms with van der Waals surface area (Å²) in [5.74, 6) is 0.498. The third kappa shape index (κ3) is 6.33. The van der Waals surface area contributed by atoms with Gasteiger partial charge in [0.15, 0.2) is 0 Å². The Bertz CT molecular complexity index is 228. The molecule has 0 radical (unpaired) electrons. The summed E-state index contributed by atoms with van der Waals surface area (Å²) < 4.78 is 0. The SMILES string of the molecule is CCC(CCO)CNC(=O)CN1CCCNCC1. The van der Waals surface area contributed by atoms with E-state index in [4.69, 9.17) is 5.11 Å². The number of aliphatic hydroxyl groups is 1. The van der Waals surface area contributed by atoms with Gasteiger partial charge in [0.1, 0.15) is 0 Å². The number of carbonyl (C=O) groups is 1. The first-order valence-corrected chi connectivity index (χ1v) is 7.07. The van der Waals surface area contributed by atoms with Gasteiger partial charge in [-0.05, 0) is 31.8 Å². The topological polar surface area (TPSA) is 64.6 Å². The van der Waals surface area contributed by atoms with E-state index in [1.807, 2.05) is 0 Å². The van der Waals surface area contributed by atoms with Crippen LogP contribution in [0.5, 0.6) is 0 Å². The van der Waals surface area contributed by atoms with Crippen molar-refractivity contribution in [3.05, 3.63) is 0 Å². The first kappa shape index (κ1) is 15.4. The lowest BCUT2D eigenvalue weighted by Gasteiger charge is -2.20. The van der Waals surface area contributed by atoms with Crippen LogP contribution < -0.4 is 10.6 Å². The lowest BCUT2D eigenvalue weighted by molar-refractivity contribution is -0.122. The largest absolute Gasteiger partial charge is 0.396 e. The Morgan fingerprint density at radius 2 is 2.28 bits per heavy atom. The Balaban J connectivity index is 2.19. The molecule has 1 unspecified atom stereocenters. The fraction of sp³-hybridized carbons (Fsp3) is 0.923. The Morgan fingerprint density at radius 3 is 3.00 bits per heavy atom. The van der Waals surface area contributed by atoms with E-state index in [-0.39, 0.29) is 12.5 Å². The van der Waals surface area contributed by atoms with Crippen molar-refractivity contribution in [1.29, 1.82) is 0 Å². The Labute approximate surface area is 110 Å². The van der Waals surface area contributed by atoms with Crippen molar-refractivity contribution in [3.8, 4) is 0 Å². The molecule has 1 fully saturated rings. The third-order valence-electron chi connectivity index (χ3n) is 3.50. The first-order chi connectivity index (χ1) is 8.76. The van der Waals surface area contributed by atoms with Gasteiger partial charge in [-0.25, -0.2) is 0 Å². The molecule has 1 atom stereocenters. The molecule has 5 heteroatoms. The lowest BCUT2D eigenvalue weighted by Crippen LogP contribution is -2.40. The van der Waals surface area contributed by atoms with Gasteiger partial charge in [-0.1, -0.05) is 13.3 Å². The molecule has 3 N–H and O–H groups in total. The normalized spacial score (nSPS) is 19.2. The second-order valence-corrected chi connectivity index (χ2v) is 4.97. The number of nitrogens with one attached hydrogen (secondary N) is 2. The molecule has 0 bridgehead atoms. The van der Waals surface area contributed by atoms with E-state index >= 15 is 0 Å². The first-order valence-electron chi connectivity index (χ1n) is 7.07. The van der Waals surface area contributed by atoms with Crippen LogP contribution in [-0.2, 0) is 4.79 Å². The summed E-state index contributed by atoms with van der Waals surface area (Å²) in [4.78, 5) is 14.0. The minimum Gasteiger partial charge on any atom is -0.396 e. The van der Waals surface area contributed by atoms with Gasteiger partial charge in [0.25, 0.3) is 0 Å². The summed E-state index contributed by atoms with van der Waals surface area (Å²) in [5, 5.41) is 15.2. The minimum atomic E-state index is 0.105. The van der Waals surface area contributed by atoms with Crippen LogP contribution in [0.2, 0.25) is 0 Å². The van der Waals surface area contributed by atoms with Crippen molar-refractivity contribution in [2.24, 2.45) is 5.92 Å². The van der Waals surface area contributed by atoms with Crippen LogP contribution in [0.1, 0.15) is 26.2 Å². The smallest absolute Gasteiger partial charge is 0.234 e. The predicted molar refractivity (Wildman–Crippen MR) is 72.4 cm³/mol. The molecule has 1 saturated heterocycles. The van der Waals surface area contributed by atoms with Gasteiger partial charge >= 0.3 is 0 Å². The molecule has 0 aromatic heterocycles.